The first-order valence-corrected chi connectivity index (χ1v) is 7.70. The molecule has 0 atom stereocenters. The number of rotatable bonds is 3. The number of ether oxygens (including phenoxy) is 2. The van der Waals surface area contributed by atoms with Crippen molar-refractivity contribution < 1.29 is 14.3 Å². The van der Waals surface area contributed by atoms with Gasteiger partial charge in [0.15, 0.2) is 0 Å². The van der Waals surface area contributed by atoms with E-state index in [1.165, 1.54) is 0 Å². The molecular weight excluding hydrogens is 304 g/mol. The van der Waals surface area contributed by atoms with E-state index < -0.39 is 0 Å². The van der Waals surface area contributed by atoms with Crippen LogP contribution in [-0.2, 0) is 4.79 Å². The molecule has 5 nitrogen and oxygen atoms in total. The van der Waals surface area contributed by atoms with Gasteiger partial charge in [-0.3, -0.25) is 9.79 Å². The number of amides is 1. The van der Waals surface area contributed by atoms with Crippen molar-refractivity contribution in [2.75, 3.05) is 32.7 Å². The van der Waals surface area contributed by atoms with Crippen molar-refractivity contribution in [3.8, 4) is 11.5 Å². The van der Waals surface area contributed by atoms with Crippen molar-refractivity contribution in [2.24, 2.45) is 4.99 Å². The normalized spacial score (nSPS) is 13.9. The average Bonchev–Trinajstić information content (AvgIpc) is 2.72. The van der Waals surface area contributed by atoms with Gasteiger partial charge in [0, 0.05) is 12.6 Å². The third-order valence-corrected chi connectivity index (χ3v) is 4.15. The van der Waals surface area contributed by atoms with Crippen LogP contribution < -0.4 is 14.4 Å². The van der Waals surface area contributed by atoms with Gasteiger partial charge in [-0.05, 0) is 30.7 Å². The number of para-hydroxylation sites is 1. The van der Waals surface area contributed by atoms with Crippen molar-refractivity contribution in [3.63, 3.8) is 0 Å². The maximum atomic E-state index is 12.3. The number of nitrogens with zero attached hydrogens (tertiary/aromatic N) is 2. The number of benzene rings is 2. The van der Waals surface area contributed by atoms with Crippen LogP contribution in [-0.4, -0.2) is 39.4 Å². The first kappa shape index (κ1) is 16.1. The second kappa shape index (κ2) is 6.35. The molecule has 1 aliphatic rings. The van der Waals surface area contributed by atoms with Gasteiger partial charge >= 0.3 is 0 Å². The monoisotopic (exact) mass is 324 g/mol. The molecule has 24 heavy (non-hydrogen) atoms. The minimum atomic E-state index is -0.0532. The molecule has 2 aromatic rings. The van der Waals surface area contributed by atoms with Crippen molar-refractivity contribution in [1.29, 1.82) is 0 Å². The van der Waals surface area contributed by atoms with Gasteiger partial charge in [-0.25, -0.2) is 0 Å². The number of hydrogen-bond donors (Lipinski definition) is 0. The van der Waals surface area contributed by atoms with Gasteiger partial charge < -0.3 is 14.4 Å². The van der Waals surface area contributed by atoms with Crippen molar-refractivity contribution in [3.05, 3.63) is 53.1 Å². The molecule has 0 aliphatic carbocycles. The molecule has 0 saturated carbocycles. The van der Waals surface area contributed by atoms with Crippen LogP contribution in [0, 0.1) is 6.92 Å². The lowest BCUT2D eigenvalue weighted by atomic mass is 9.97. The van der Waals surface area contributed by atoms with Gasteiger partial charge in [0.05, 0.1) is 31.2 Å². The predicted octanol–water partition coefficient (Wildman–Crippen LogP) is 2.83. The van der Waals surface area contributed by atoms with Crippen molar-refractivity contribution >= 4 is 17.3 Å². The Morgan fingerprint density at radius 2 is 1.71 bits per heavy atom. The van der Waals surface area contributed by atoms with E-state index in [4.69, 9.17) is 9.47 Å². The lowest BCUT2D eigenvalue weighted by Gasteiger charge is -2.19. The van der Waals surface area contributed by atoms with E-state index in [0.29, 0.717) is 17.2 Å². The zero-order chi connectivity index (χ0) is 17.3. The minimum Gasteiger partial charge on any atom is -0.496 e. The molecule has 1 aliphatic heterocycles. The van der Waals surface area contributed by atoms with E-state index in [1.54, 1.807) is 26.2 Å². The molecule has 0 radical (unpaired) electrons. The van der Waals surface area contributed by atoms with Gasteiger partial charge in [-0.2, -0.15) is 0 Å². The summed E-state index contributed by atoms with van der Waals surface area (Å²) in [7, 11) is 5.01. The Morgan fingerprint density at radius 3 is 2.33 bits per heavy atom. The van der Waals surface area contributed by atoms with Crippen LogP contribution in [0.25, 0.3) is 0 Å². The zero-order valence-corrected chi connectivity index (χ0v) is 14.3. The van der Waals surface area contributed by atoms with E-state index in [2.05, 4.69) is 4.99 Å². The van der Waals surface area contributed by atoms with Crippen LogP contribution in [0.4, 0.5) is 5.69 Å². The number of carbonyl (C=O) groups excluding carboxylic acids is 1. The van der Waals surface area contributed by atoms with Crippen molar-refractivity contribution in [1.82, 2.24) is 0 Å². The predicted molar refractivity (Wildman–Crippen MR) is 94.6 cm³/mol. The molecule has 1 amide bonds. The lowest BCUT2D eigenvalue weighted by Crippen LogP contribution is -2.27. The molecule has 0 N–H and O–H groups in total. The third-order valence-electron chi connectivity index (χ3n) is 4.15. The molecule has 0 spiro atoms. The fourth-order valence-electron chi connectivity index (χ4n) is 2.93. The summed E-state index contributed by atoms with van der Waals surface area (Å²) in [6.07, 6.45) is 0. The SMILES string of the molecule is COc1cc(C)cc(OC)c1C1=NCC(=O)N(C)c2ccccc21. The lowest BCUT2D eigenvalue weighted by molar-refractivity contribution is -0.116. The van der Waals surface area contributed by atoms with Crippen LogP contribution in [0.2, 0.25) is 0 Å². The highest BCUT2D eigenvalue weighted by Gasteiger charge is 2.26. The number of fused-ring (bicyclic) bond motifs is 1. The Hall–Kier alpha value is -2.82. The standard InChI is InChI=1S/C19H20N2O3/c1-12-9-15(23-3)18(16(10-12)24-4)19-13-7-5-6-8-14(13)21(2)17(22)11-20-19/h5-10H,11H2,1-4H3. The fourth-order valence-corrected chi connectivity index (χ4v) is 2.93. The molecule has 5 heteroatoms. The van der Waals surface area contributed by atoms with E-state index in [-0.39, 0.29) is 12.5 Å². The smallest absolute Gasteiger partial charge is 0.248 e. The highest BCUT2D eigenvalue weighted by molar-refractivity contribution is 6.21. The van der Waals surface area contributed by atoms with E-state index in [1.807, 2.05) is 43.3 Å². The number of carbonyl (C=O) groups is 1. The van der Waals surface area contributed by atoms with Crippen LogP contribution in [0.3, 0.4) is 0 Å². The van der Waals surface area contributed by atoms with Gasteiger partial charge in [-0.15, -0.1) is 0 Å². The Kier molecular flexibility index (Phi) is 4.25. The summed E-state index contributed by atoms with van der Waals surface area (Å²) in [5.41, 5.74) is 4.20. The molecule has 0 bridgehead atoms. The molecule has 0 unspecified atom stereocenters. The second-order valence-electron chi connectivity index (χ2n) is 5.68. The van der Waals surface area contributed by atoms with E-state index >= 15 is 0 Å². The number of aryl methyl sites for hydroxylation is 1. The molecule has 0 aromatic heterocycles. The minimum absolute atomic E-state index is 0.0532. The number of methoxy groups -OCH3 is 2. The highest BCUT2D eigenvalue weighted by atomic mass is 16.5. The summed E-state index contributed by atoms with van der Waals surface area (Å²) in [6.45, 7) is 2.07. The number of anilines is 1. The van der Waals surface area contributed by atoms with Gasteiger partial charge in [0.2, 0.25) is 5.91 Å². The first-order chi connectivity index (χ1) is 11.6. The number of benzodiazepines with no additional fused rings is 1. The Bertz CT molecular complexity index is 802. The summed E-state index contributed by atoms with van der Waals surface area (Å²) >= 11 is 0. The summed E-state index contributed by atoms with van der Waals surface area (Å²) < 4.78 is 11.1. The fraction of sp³-hybridized carbons (Fsp3) is 0.263. The quantitative estimate of drug-likeness (QED) is 0.872. The number of hydrogen-bond acceptors (Lipinski definition) is 4. The molecule has 0 saturated heterocycles. The molecule has 0 fully saturated rings. The van der Waals surface area contributed by atoms with Gasteiger partial charge in [-0.1, -0.05) is 18.2 Å². The Balaban J connectivity index is 2.30. The number of likely N-dealkylation sites (N-methyl/N-ethyl adjacent to an activating group) is 1. The molecule has 2 aromatic carbocycles. The maximum Gasteiger partial charge on any atom is 0.248 e. The first-order valence-electron chi connectivity index (χ1n) is 7.70. The van der Waals surface area contributed by atoms with Crippen LogP contribution >= 0.6 is 0 Å². The zero-order valence-electron chi connectivity index (χ0n) is 14.3. The summed E-state index contributed by atoms with van der Waals surface area (Å²) in [4.78, 5) is 18.5. The Labute approximate surface area is 141 Å². The number of aliphatic imine (C=N–C) groups is 1. The summed E-state index contributed by atoms with van der Waals surface area (Å²) in [5, 5.41) is 0. The van der Waals surface area contributed by atoms with Crippen molar-refractivity contribution in [2.45, 2.75) is 6.92 Å². The van der Waals surface area contributed by atoms with E-state index in [9.17, 15) is 4.79 Å². The van der Waals surface area contributed by atoms with Crippen LogP contribution in [0.1, 0.15) is 16.7 Å². The third kappa shape index (κ3) is 2.62. The second-order valence-corrected chi connectivity index (χ2v) is 5.68. The average molecular weight is 324 g/mol. The van der Waals surface area contributed by atoms with Crippen LogP contribution in [0.15, 0.2) is 41.4 Å². The van der Waals surface area contributed by atoms with Gasteiger partial charge in [0.1, 0.15) is 18.0 Å². The Morgan fingerprint density at radius 1 is 1.08 bits per heavy atom. The molecule has 124 valence electrons. The largest absolute Gasteiger partial charge is 0.496 e. The highest BCUT2D eigenvalue weighted by Crippen LogP contribution is 2.36. The maximum absolute atomic E-state index is 12.3. The van der Waals surface area contributed by atoms with E-state index in [0.717, 1.165) is 22.4 Å². The molecular formula is C19H20N2O3. The van der Waals surface area contributed by atoms with Gasteiger partial charge in [0.25, 0.3) is 0 Å². The molecule has 3 rings (SSSR count). The van der Waals surface area contributed by atoms with Crippen LogP contribution in [0.5, 0.6) is 11.5 Å². The topological polar surface area (TPSA) is 51.1 Å². The molecule has 1 heterocycles. The summed E-state index contributed by atoms with van der Waals surface area (Å²) in [6, 6.07) is 11.6. The summed E-state index contributed by atoms with van der Waals surface area (Å²) in [5.74, 6) is 1.30.